The van der Waals surface area contributed by atoms with Crippen molar-refractivity contribution in [3.05, 3.63) is 28.8 Å². The van der Waals surface area contributed by atoms with E-state index in [1.807, 2.05) is 0 Å². The van der Waals surface area contributed by atoms with Crippen molar-refractivity contribution in [3.63, 3.8) is 0 Å². The predicted molar refractivity (Wildman–Crippen MR) is 66.3 cm³/mol. The van der Waals surface area contributed by atoms with E-state index >= 15 is 0 Å². The van der Waals surface area contributed by atoms with Gasteiger partial charge < -0.3 is 10.4 Å². The summed E-state index contributed by atoms with van der Waals surface area (Å²) in [5.41, 5.74) is -0.926. The summed E-state index contributed by atoms with van der Waals surface area (Å²) in [7, 11) is 0. The average molecular weight is 296 g/mol. The van der Waals surface area contributed by atoms with Crippen LogP contribution >= 0.6 is 11.6 Å². The zero-order chi connectivity index (χ0) is 14.8. The molecular weight excluding hydrogens is 283 g/mol. The highest BCUT2D eigenvalue weighted by molar-refractivity contribution is 6.31. The number of anilines is 1. The maximum Gasteiger partial charge on any atom is 0.417 e. The molecule has 0 fully saturated rings. The third kappa shape index (κ3) is 4.02. The number of benzene rings is 1. The second-order valence-corrected chi connectivity index (χ2v) is 4.80. The van der Waals surface area contributed by atoms with Crippen LogP contribution in [-0.2, 0) is 11.0 Å². The molecule has 1 unspecified atom stereocenters. The summed E-state index contributed by atoms with van der Waals surface area (Å²) in [5, 5.41) is 11.1. The molecule has 0 aliphatic heterocycles. The summed E-state index contributed by atoms with van der Waals surface area (Å²) in [4.78, 5) is 11.0. The van der Waals surface area contributed by atoms with Gasteiger partial charge in [-0.2, -0.15) is 13.2 Å². The van der Waals surface area contributed by atoms with E-state index in [-0.39, 0.29) is 11.6 Å². The van der Waals surface area contributed by atoms with Gasteiger partial charge in [0, 0.05) is 5.69 Å². The first-order chi connectivity index (χ1) is 8.62. The number of hydrogen-bond donors (Lipinski definition) is 2. The molecule has 0 saturated heterocycles. The van der Waals surface area contributed by atoms with E-state index in [0.29, 0.717) is 0 Å². The van der Waals surface area contributed by atoms with Gasteiger partial charge in [-0.1, -0.05) is 25.4 Å². The van der Waals surface area contributed by atoms with Gasteiger partial charge in [-0.05, 0) is 24.1 Å². The first-order valence-electron chi connectivity index (χ1n) is 5.49. The molecule has 0 aliphatic rings. The lowest BCUT2D eigenvalue weighted by Crippen LogP contribution is -2.34. The lowest BCUT2D eigenvalue weighted by molar-refractivity contribution is -0.139. The topological polar surface area (TPSA) is 49.3 Å². The van der Waals surface area contributed by atoms with Gasteiger partial charge in [-0.3, -0.25) is 0 Å². The molecule has 0 radical (unpaired) electrons. The molecule has 19 heavy (non-hydrogen) atoms. The molecule has 1 rings (SSSR count). The Balaban J connectivity index is 3.06. The highest BCUT2D eigenvalue weighted by atomic mass is 35.5. The maximum atomic E-state index is 12.7. The highest BCUT2D eigenvalue weighted by Crippen LogP contribution is 2.36. The quantitative estimate of drug-likeness (QED) is 0.886. The molecule has 1 aromatic rings. The summed E-state index contributed by atoms with van der Waals surface area (Å²) in [6.07, 6.45) is -4.58. The Morgan fingerprint density at radius 3 is 2.37 bits per heavy atom. The molecule has 0 saturated carbocycles. The molecule has 1 atom stereocenters. The van der Waals surface area contributed by atoms with Crippen LogP contribution in [0.2, 0.25) is 5.02 Å². The van der Waals surface area contributed by atoms with Crippen LogP contribution in [0.3, 0.4) is 0 Å². The van der Waals surface area contributed by atoms with Crippen molar-refractivity contribution in [2.45, 2.75) is 26.1 Å². The van der Waals surface area contributed by atoms with Gasteiger partial charge >= 0.3 is 12.1 Å². The summed E-state index contributed by atoms with van der Waals surface area (Å²) in [6.45, 7) is 3.32. The predicted octanol–water partition coefficient (Wildman–Crippen LogP) is 3.88. The summed E-state index contributed by atoms with van der Waals surface area (Å²) in [6, 6.07) is 2.24. The fraction of sp³-hybridized carbons (Fsp3) is 0.417. The molecule has 2 N–H and O–H groups in total. The van der Waals surface area contributed by atoms with Crippen LogP contribution in [-0.4, -0.2) is 17.1 Å². The van der Waals surface area contributed by atoms with Crippen molar-refractivity contribution < 1.29 is 23.1 Å². The number of hydrogen-bond acceptors (Lipinski definition) is 2. The number of halogens is 4. The fourth-order valence-electron chi connectivity index (χ4n) is 1.53. The number of carboxylic acid groups (broad SMARTS) is 1. The van der Waals surface area contributed by atoms with Crippen molar-refractivity contribution in [1.82, 2.24) is 0 Å². The Labute approximate surface area is 113 Å². The lowest BCUT2D eigenvalue weighted by Gasteiger charge is -2.20. The van der Waals surface area contributed by atoms with Crippen molar-refractivity contribution in [3.8, 4) is 0 Å². The molecule has 0 heterocycles. The fourth-order valence-corrected chi connectivity index (χ4v) is 1.75. The molecule has 0 bridgehead atoms. The van der Waals surface area contributed by atoms with Crippen LogP contribution in [0, 0.1) is 5.92 Å². The van der Waals surface area contributed by atoms with E-state index in [9.17, 15) is 18.0 Å². The summed E-state index contributed by atoms with van der Waals surface area (Å²) < 4.78 is 38.0. The highest BCUT2D eigenvalue weighted by Gasteiger charge is 2.33. The molecule has 0 aliphatic carbocycles. The zero-order valence-corrected chi connectivity index (χ0v) is 11.0. The van der Waals surface area contributed by atoms with Crippen LogP contribution in [0.4, 0.5) is 18.9 Å². The van der Waals surface area contributed by atoms with Gasteiger partial charge in [-0.15, -0.1) is 0 Å². The SMILES string of the molecule is CC(C)C(Nc1ccc(Cl)c(C(F)(F)F)c1)C(=O)O. The van der Waals surface area contributed by atoms with Crippen molar-refractivity contribution in [1.29, 1.82) is 0 Å². The maximum absolute atomic E-state index is 12.7. The number of alkyl halides is 3. The largest absolute Gasteiger partial charge is 0.480 e. The van der Waals surface area contributed by atoms with Crippen LogP contribution in [0.15, 0.2) is 18.2 Å². The molecule has 3 nitrogen and oxygen atoms in total. The average Bonchev–Trinajstić information content (AvgIpc) is 2.25. The minimum atomic E-state index is -4.58. The number of rotatable bonds is 4. The molecule has 106 valence electrons. The number of aliphatic carboxylic acids is 1. The second-order valence-electron chi connectivity index (χ2n) is 4.40. The normalized spacial score (nSPS) is 13.4. The lowest BCUT2D eigenvalue weighted by atomic mass is 10.0. The zero-order valence-electron chi connectivity index (χ0n) is 10.3. The Morgan fingerprint density at radius 1 is 1.37 bits per heavy atom. The first-order valence-corrected chi connectivity index (χ1v) is 5.87. The number of carbonyl (C=O) groups is 1. The van der Waals surface area contributed by atoms with Gasteiger partial charge in [-0.25, -0.2) is 4.79 Å². The van der Waals surface area contributed by atoms with Crippen LogP contribution in [0.5, 0.6) is 0 Å². The van der Waals surface area contributed by atoms with E-state index in [1.54, 1.807) is 13.8 Å². The van der Waals surface area contributed by atoms with Crippen LogP contribution in [0.25, 0.3) is 0 Å². The third-order valence-electron chi connectivity index (χ3n) is 2.53. The van der Waals surface area contributed by atoms with Crippen molar-refractivity contribution in [2.75, 3.05) is 5.32 Å². The molecule has 1 aromatic carbocycles. The minimum absolute atomic E-state index is 0.0674. The van der Waals surface area contributed by atoms with Crippen LogP contribution in [0.1, 0.15) is 19.4 Å². The smallest absolute Gasteiger partial charge is 0.417 e. The number of carboxylic acids is 1. The molecule has 0 aromatic heterocycles. The third-order valence-corrected chi connectivity index (χ3v) is 2.86. The Morgan fingerprint density at radius 2 is 1.95 bits per heavy atom. The Bertz CT molecular complexity index is 475. The number of nitrogens with one attached hydrogen (secondary N) is 1. The Kier molecular flexibility index (Phi) is 4.68. The summed E-state index contributed by atoms with van der Waals surface area (Å²) >= 11 is 5.48. The van der Waals surface area contributed by atoms with Gasteiger partial charge in [0.1, 0.15) is 6.04 Å². The van der Waals surface area contributed by atoms with E-state index in [0.717, 1.165) is 12.1 Å². The molecule has 0 spiro atoms. The van der Waals surface area contributed by atoms with E-state index in [2.05, 4.69) is 5.32 Å². The van der Waals surface area contributed by atoms with E-state index < -0.39 is 28.8 Å². The molecule has 0 amide bonds. The van der Waals surface area contributed by atoms with Crippen molar-refractivity contribution >= 4 is 23.3 Å². The minimum Gasteiger partial charge on any atom is -0.480 e. The molecular formula is C12H13ClF3NO2. The monoisotopic (exact) mass is 295 g/mol. The van der Waals surface area contributed by atoms with E-state index in [4.69, 9.17) is 16.7 Å². The van der Waals surface area contributed by atoms with Gasteiger partial charge in [0.05, 0.1) is 10.6 Å². The Hall–Kier alpha value is -1.43. The second kappa shape index (κ2) is 5.69. The van der Waals surface area contributed by atoms with Gasteiger partial charge in [0.15, 0.2) is 0 Å². The van der Waals surface area contributed by atoms with Gasteiger partial charge in [0.2, 0.25) is 0 Å². The first kappa shape index (κ1) is 15.6. The van der Waals surface area contributed by atoms with Crippen LogP contribution < -0.4 is 5.32 Å². The standard InChI is InChI=1S/C12H13ClF3NO2/c1-6(2)10(11(18)19)17-7-3-4-9(13)8(5-7)12(14,15)16/h3-6,10,17H,1-2H3,(H,18,19). The summed E-state index contributed by atoms with van der Waals surface area (Å²) in [5.74, 6) is -1.40. The van der Waals surface area contributed by atoms with Gasteiger partial charge in [0.25, 0.3) is 0 Å². The van der Waals surface area contributed by atoms with E-state index in [1.165, 1.54) is 6.07 Å². The molecule has 7 heteroatoms. The van der Waals surface area contributed by atoms with Crippen molar-refractivity contribution in [2.24, 2.45) is 5.92 Å².